The maximum absolute atomic E-state index is 12.0. The van der Waals surface area contributed by atoms with Crippen LogP contribution in [0.1, 0.15) is 45.7 Å². The summed E-state index contributed by atoms with van der Waals surface area (Å²) in [5.74, 6) is -0.135. The fourth-order valence-electron chi connectivity index (χ4n) is 2.69. The van der Waals surface area contributed by atoms with Crippen LogP contribution >= 0.6 is 0 Å². The number of esters is 1. The summed E-state index contributed by atoms with van der Waals surface area (Å²) in [6.07, 6.45) is 4.66. The third-order valence-electron chi connectivity index (χ3n) is 3.68. The Hall–Kier alpha value is -1.61. The van der Waals surface area contributed by atoms with E-state index in [1.54, 1.807) is 0 Å². The van der Waals surface area contributed by atoms with Crippen LogP contribution in [0.4, 0.5) is 0 Å². The van der Waals surface area contributed by atoms with Crippen LogP contribution < -0.4 is 0 Å². The molecule has 0 bridgehead atoms. The predicted octanol–water partition coefficient (Wildman–Crippen LogP) is 3.72. The Balaban J connectivity index is 2.00. The van der Waals surface area contributed by atoms with Gasteiger partial charge in [0.1, 0.15) is 5.60 Å². The molecule has 1 aromatic carbocycles. The van der Waals surface area contributed by atoms with Crippen molar-refractivity contribution in [1.29, 1.82) is 0 Å². The maximum Gasteiger partial charge on any atom is 0.308 e. The van der Waals surface area contributed by atoms with Gasteiger partial charge in [-0.3, -0.25) is 9.69 Å². The van der Waals surface area contributed by atoms with Crippen molar-refractivity contribution in [1.82, 2.24) is 4.90 Å². The number of carbonyl (C=O) groups is 1. The van der Waals surface area contributed by atoms with Gasteiger partial charge in [-0.05, 0) is 33.3 Å². The molecule has 0 aliphatic carbocycles. The fourth-order valence-corrected chi connectivity index (χ4v) is 2.69. The first-order valence-corrected chi connectivity index (χ1v) is 7.56. The van der Waals surface area contributed by atoms with Crippen LogP contribution in [0.5, 0.6) is 0 Å². The van der Waals surface area contributed by atoms with Crippen molar-refractivity contribution in [3.63, 3.8) is 0 Å². The van der Waals surface area contributed by atoms with Crippen molar-refractivity contribution in [2.75, 3.05) is 6.54 Å². The second-order valence-corrected chi connectivity index (χ2v) is 6.57. The summed E-state index contributed by atoms with van der Waals surface area (Å²) in [6, 6.07) is 10.8. The third kappa shape index (κ3) is 4.43. The number of benzene rings is 1. The molecule has 0 aromatic heterocycles. The van der Waals surface area contributed by atoms with Gasteiger partial charge in [0.15, 0.2) is 0 Å². The fraction of sp³-hybridized carbons (Fsp3) is 0.500. The van der Waals surface area contributed by atoms with Crippen molar-refractivity contribution in [3.05, 3.63) is 48.0 Å². The van der Waals surface area contributed by atoms with E-state index in [9.17, 15) is 4.79 Å². The molecule has 1 aliphatic heterocycles. The topological polar surface area (TPSA) is 29.5 Å². The molecule has 21 heavy (non-hydrogen) atoms. The lowest BCUT2D eigenvalue weighted by atomic mass is 10.0. The SMILES string of the molecule is C[C@@H](c1ccccc1)N1CC=CC1CC(=O)OC(C)(C)C. The Bertz CT molecular complexity index is 502. The highest BCUT2D eigenvalue weighted by Crippen LogP contribution is 2.27. The Labute approximate surface area is 127 Å². The van der Waals surface area contributed by atoms with E-state index in [-0.39, 0.29) is 18.1 Å². The van der Waals surface area contributed by atoms with Crippen molar-refractivity contribution >= 4 is 5.97 Å². The Kier molecular flexibility index (Phi) is 4.84. The molecule has 0 saturated heterocycles. The molecule has 3 nitrogen and oxygen atoms in total. The molecule has 2 atom stereocenters. The van der Waals surface area contributed by atoms with Crippen LogP contribution in [-0.2, 0) is 9.53 Å². The lowest BCUT2D eigenvalue weighted by molar-refractivity contribution is -0.155. The van der Waals surface area contributed by atoms with E-state index in [0.717, 1.165) is 6.54 Å². The van der Waals surface area contributed by atoms with E-state index >= 15 is 0 Å². The van der Waals surface area contributed by atoms with Crippen LogP contribution in [0.3, 0.4) is 0 Å². The zero-order chi connectivity index (χ0) is 15.5. The quantitative estimate of drug-likeness (QED) is 0.624. The van der Waals surface area contributed by atoms with E-state index in [1.165, 1.54) is 5.56 Å². The van der Waals surface area contributed by atoms with Gasteiger partial charge in [-0.15, -0.1) is 0 Å². The van der Waals surface area contributed by atoms with Gasteiger partial charge in [0.2, 0.25) is 0 Å². The molecule has 0 amide bonds. The third-order valence-corrected chi connectivity index (χ3v) is 3.68. The van der Waals surface area contributed by atoms with Gasteiger partial charge in [-0.1, -0.05) is 42.5 Å². The van der Waals surface area contributed by atoms with E-state index in [1.807, 2.05) is 26.8 Å². The summed E-state index contributed by atoms with van der Waals surface area (Å²) >= 11 is 0. The first-order valence-electron chi connectivity index (χ1n) is 7.56. The average molecular weight is 287 g/mol. The minimum Gasteiger partial charge on any atom is -0.460 e. The summed E-state index contributed by atoms with van der Waals surface area (Å²) < 4.78 is 5.43. The van der Waals surface area contributed by atoms with Crippen molar-refractivity contribution in [3.8, 4) is 0 Å². The normalized spacial score (nSPS) is 20.5. The summed E-state index contributed by atoms with van der Waals surface area (Å²) in [4.78, 5) is 14.4. The van der Waals surface area contributed by atoms with Crippen molar-refractivity contribution in [2.45, 2.75) is 51.8 Å². The first-order chi connectivity index (χ1) is 9.87. The molecular weight excluding hydrogens is 262 g/mol. The van der Waals surface area contributed by atoms with Crippen LogP contribution in [0.15, 0.2) is 42.5 Å². The van der Waals surface area contributed by atoms with Gasteiger partial charge in [0.05, 0.1) is 6.42 Å². The van der Waals surface area contributed by atoms with Crippen molar-refractivity contribution < 1.29 is 9.53 Å². The van der Waals surface area contributed by atoms with Crippen LogP contribution in [0.25, 0.3) is 0 Å². The number of carbonyl (C=O) groups excluding carboxylic acids is 1. The number of hydrogen-bond donors (Lipinski definition) is 0. The number of hydrogen-bond acceptors (Lipinski definition) is 3. The number of nitrogens with zero attached hydrogens (tertiary/aromatic N) is 1. The largest absolute Gasteiger partial charge is 0.460 e. The Morgan fingerprint density at radius 2 is 2.00 bits per heavy atom. The summed E-state index contributed by atoms with van der Waals surface area (Å²) in [6.45, 7) is 8.77. The molecule has 1 aliphatic rings. The van der Waals surface area contributed by atoms with E-state index in [0.29, 0.717) is 6.42 Å². The highest BCUT2D eigenvalue weighted by molar-refractivity contribution is 5.71. The molecule has 2 rings (SSSR count). The second kappa shape index (κ2) is 6.44. The molecular formula is C18H25NO2. The second-order valence-electron chi connectivity index (χ2n) is 6.57. The molecule has 1 unspecified atom stereocenters. The van der Waals surface area contributed by atoms with Crippen LogP contribution in [-0.4, -0.2) is 29.1 Å². The molecule has 114 valence electrons. The van der Waals surface area contributed by atoms with Crippen molar-refractivity contribution in [2.24, 2.45) is 0 Å². The van der Waals surface area contributed by atoms with Gasteiger partial charge in [-0.25, -0.2) is 0 Å². The molecule has 0 N–H and O–H groups in total. The standard InChI is InChI=1S/C18H25NO2/c1-14(15-9-6-5-7-10-15)19-12-8-11-16(19)13-17(20)21-18(2,3)4/h5-11,14,16H,12-13H2,1-4H3/t14-,16?/m0/s1. The van der Waals surface area contributed by atoms with Crippen LogP contribution in [0, 0.1) is 0 Å². The average Bonchev–Trinajstić information content (AvgIpc) is 2.84. The molecule has 0 spiro atoms. The smallest absolute Gasteiger partial charge is 0.308 e. The minimum atomic E-state index is -0.421. The number of rotatable bonds is 4. The van der Waals surface area contributed by atoms with E-state index in [2.05, 4.69) is 48.2 Å². The molecule has 0 fully saturated rings. The molecule has 1 aromatic rings. The first kappa shape index (κ1) is 15.8. The Morgan fingerprint density at radius 3 is 2.62 bits per heavy atom. The summed E-state index contributed by atoms with van der Waals surface area (Å²) in [5.41, 5.74) is 0.852. The zero-order valence-corrected chi connectivity index (χ0v) is 13.4. The zero-order valence-electron chi connectivity index (χ0n) is 13.4. The van der Waals surface area contributed by atoms with Gasteiger partial charge >= 0.3 is 5.97 Å². The molecule has 0 saturated carbocycles. The van der Waals surface area contributed by atoms with E-state index < -0.39 is 5.60 Å². The molecule has 1 heterocycles. The van der Waals surface area contributed by atoms with Gasteiger partial charge in [0, 0.05) is 18.6 Å². The highest BCUT2D eigenvalue weighted by Gasteiger charge is 2.29. The lowest BCUT2D eigenvalue weighted by Gasteiger charge is -2.31. The molecule has 0 radical (unpaired) electrons. The monoisotopic (exact) mass is 287 g/mol. The Morgan fingerprint density at radius 1 is 1.33 bits per heavy atom. The van der Waals surface area contributed by atoms with E-state index in [4.69, 9.17) is 4.74 Å². The van der Waals surface area contributed by atoms with Crippen LogP contribution in [0.2, 0.25) is 0 Å². The van der Waals surface area contributed by atoms with Gasteiger partial charge in [-0.2, -0.15) is 0 Å². The predicted molar refractivity (Wildman–Crippen MR) is 85.0 cm³/mol. The maximum atomic E-state index is 12.0. The summed E-state index contributed by atoms with van der Waals surface area (Å²) in [5, 5.41) is 0. The number of ether oxygens (including phenoxy) is 1. The lowest BCUT2D eigenvalue weighted by Crippen LogP contribution is -2.36. The highest BCUT2D eigenvalue weighted by atomic mass is 16.6. The van der Waals surface area contributed by atoms with Gasteiger partial charge in [0.25, 0.3) is 0 Å². The summed E-state index contributed by atoms with van der Waals surface area (Å²) in [7, 11) is 0. The van der Waals surface area contributed by atoms with Gasteiger partial charge < -0.3 is 4.74 Å². The molecule has 3 heteroatoms. The minimum absolute atomic E-state index is 0.120.